The van der Waals surface area contributed by atoms with Crippen LogP contribution >= 0.6 is 0 Å². The molecule has 1 aromatic rings. The van der Waals surface area contributed by atoms with E-state index in [0.29, 0.717) is 0 Å². The van der Waals surface area contributed by atoms with Crippen LogP contribution in [0.3, 0.4) is 0 Å². The molecule has 1 atom stereocenters. The molecule has 2 heteroatoms. The van der Waals surface area contributed by atoms with Crippen molar-refractivity contribution < 1.29 is 4.74 Å². The van der Waals surface area contributed by atoms with E-state index >= 15 is 0 Å². The highest BCUT2D eigenvalue weighted by molar-refractivity contribution is 5.27. The fourth-order valence-corrected chi connectivity index (χ4v) is 1.31. The molecular weight excluding hydrogens is 174 g/mol. The SMILES string of the molecule is COC(C)(C)c1ccc(C(C)N)cc1. The minimum absolute atomic E-state index is 0.0923. The predicted octanol–water partition coefficient (Wildman–Crippen LogP) is 2.59. The molecule has 1 unspecified atom stereocenters. The van der Waals surface area contributed by atoms with Gasteiger partial charge >= 0.3 is 0 Å². The van der Waals surface area contributed by atoms with E-state index in [1.165, 1.54) is 5.56 Å². The molecule has 0 heterocycles. The molecule has 1 rings (SSSR count). The van der Waals surface area contributed by atoms with Gasteiger partial charge in [0.05, 0.1) is 5.60 Å². The standard InChI is InChI=1S/C12H19NO/c1-9(13)10-5-7-11(8-6-10)12(2,3)14-4/h5-9H,13H2,1-4H3. The second kappa shape index (κ2) is 4.11. The van der Waals surface area contributed by atoms with E-state index in [-0.39, 0.29) is 11.6 Å². The average molecular weight is 193 g/mol. The van der Waals surface area contributed by atoms with Gasteiger partial charge in [0.2, 0.25) is 0 Å². The van der Waals surface area contributed by atoms with Crippen LogP contribution in [0, 0.1) is 0 Å². The second-order valence-electron chi connectivity index (χ2n) is 4.13. The first-order chi connectivity index (χ1) is 6.47. The van der Waals surface area contributed by atoms with E-state index in [0.717, 1.165) is 5.56 Å². The van der Waals surface area contributed by atoms with Crippen molar-refractivity contribution >= 4 is 0 Å². The van der Waals surface area contributed by atoms with E-state index in [2.05, 4.69) is 24.3 Å². The van der Waals surface area contributed by atoms with Gasteiger partial charge in [0.1, 0.15) is 0 Å². The first-order valence-corrected chi connectivity index (χ1v) is 4.88. The molecule has 0 aliphatic heterocycles. The van der Waals surface area contributed by atoms with Crippen molar-refractivity contribution in [3.63, 3.8) is 0 Å². The quantitative estimate of drug-likeness (QED) is 0.800. The average Bonchev–Trinajstić information content (AvgIpc) is 2.18. The Kier molecular flexibility index (Phi) is 3.29. The molecule has 0 radical (unpaired) electrons. The van der Waals surface area contributed by atoms with E-state index in [1.807, 2.05) is 20.8 Å². The summed E-state index contributed by atoms with van der Waals surface area (Å²) in [6, 6.07) is 8.35. The Hall–Kier alpha value is -0.860. The maximum atomic E-state index is 5.77. The number of hydrogen-bond donors (Lipinski definition) is 1. The molecule has 0 aromatic heterocycles. The van der Waals surface area contributed by atoms with E-state index < -0.39 is 0 Å². The lowest BCUT2D eigenvalue weighted by Crippen LogP contribution is -2.19. The fourth-order valence-electron chi connectivity index (χ4n) is 1.31. The zero-order valence-electron chi connectivity index (χ0n) is 9.37. The molecule has 1 aromatic carbocycles. The Balaban J connectivity index is 2.94. The summed E-state index contributed by atoms with van der Waals surface area (Å²) in [5, 5.41) is 0. The Labute approximate surface area is 86.1 Å². The molecule has 78 valence electrons. The fraction of sp³-hybridized carbons (Fsp3) is 0.500. The van der Waals surface area contributed by atoms with Gasteiger partial charge < -0.3 is 10.5 Å². The summed E-state index contributed by atoms with van der Waals surface area (Å²) >= 11 is 0. The van der Waals surface area contributed by atoms with Crippen molar-refractivity contribution in [3.8, 4) is 0 Å². The van der Waals surface area contributed by atoms with E-state index in [9.17, 15) is 0 Å². The lowest BCUT2D eigenvalue weighted by molar-refractivity contribution is 0.0192. The first kappa shape index (κ1) is 11.2. The Morgan fingerprint density at radius 1 is 1.21 bits per heavy atom. The van der Waals surface area contributed by atoms with Gasteiger partial charge in [-0.1, -0.05) is 24.3 Å². The minimum atomic E-state index is -0.226. The third-order valence-electron chi connectivity index (χ3n) is 2.64. The topological polar surface area (TPSA) is 35.2 Å². The molecule has 0 bridgehead atoms. The molecule has 0 fully saturated rings. The Morgan fingerprint density at radius 3 is 2.07 bits per heavy atom. The minimum Gasteiger partial charge on any atom is -0.374 e. The van der Waals surface area contributed by atoms with Gasteiger partial charge in [0.15, 0.2) is 0 Å². The maximum absolute atomic E-state index is 5.77. The molecule has 0 spiro atoms. The van der Waals surface area contributed by atoms with Crippen molar-refractivity contribution in [1.82, 2.24) is 0 Å². The van der Waals surface area contributed by atoms with Gasteiger partial charge in [-0.15, -0.1) is 0 Å². The lowest BCUT2D eigenvalue weighted by atomic mass is 9.96. The van der Waals surface area contributed by atoms with Gasteiger partial charge in [-0.25, -0.2) is 0 Å². The maximum Gasteiger partial charge on any atom is 0.0871 e. The van der Waals surface area contributed by atoms with Gasteiger partial charge in [-0.05, 0) is 31.9 Å². The van der Waals surface area contributed by atoms with Crippen molar-refractivity contribution in [2.75, 3.05) is 7.11 Å². The highest BCUT2D eigenvalue weighted by Crippen LogP contribution is 2.24. The van der Waals surface area contributed by atoms with Crippen LogP contribution in [0.5, 0.6) is 0 Å². The summed E-state index contributed by atoms with van der Waals surface area (Å²) < 4.78 is 5.39. The third kappa shape index (κ3) is 2.34. The molecule has 2 nitrogen and oxygen atoms in total. The summed E-state index contributed by atoms with van der Waals surface area (Å²) in [4.78, 5) is 0. The summed E-state index contributed by atoms with van der Waals surface area (Å²) in [5.74, 6) is 0. The number of benzene rings is 1. The summed E-state index contributed by atoms with van der Waals surface area (Å²) in [7, 11) is 1.72. The predicted molar refractivity (Wildman–Crippen MR) is 59.1 cm³/mol. The van der Waals surface area contributed by atoms with Crippen molar-refractivity contribution in [3.05, 3.63) is 35.4 Å². The number of hydrogen-bond acceptors (Lipinski definition) is 2. The molecule has 14 heavy (non-hydrogen) atoms. The van der Waals surface area contributed by atoms with Crippen LogP contribution in [0.15, 0.2) is 24.3 Å². The van der Waals surface area contributed by atoms with Crippen LogP contribution in [-0.4, -0.2) is 7.11 Å². The second-order valence-corrected chi connectivity index (χ2v) is 4.13. The molecule has 2 N–H and O–H groups in total. The van der Waals surface area contributed by atoms with Gasteiger partial charge in [-0.2, -0.15) is 0 Å². The van der Waals surface area contributed by atoms with Crippen LogP contribution < -0.4 is 5.73 Å². The monoisotopic (exact) mass is 193 g/mol. The lowest BCUT2D eigenvalue weighted by Gasteiger charge is -2.23. The summed E-state index contributed by atoms with van der Waals surface area (Å²) in [5.41, 5.74) is 7.87. The highest BCUT2D eigenvalue weighted by atomic mass is 16.5. The van der Waals surface area contributed by atoms with Crippen molar-refractivity contribution in [2.45, 2.75) is 32.4 Å². The van der Waals surface area contributed by atoms with Crippen LogP contribution in [0.25, 0.3) is 0 Å². The Bertz CT molecular complexity index is 288. The molecule has 0 saturated carbocycles. The zero-order chi connectivity index (χ0) is 10.8. The first-order valence-electron chi connectivity index (χ1n) is 4.88. The van der Waals surface area contributed by atoms with Crippen LogP contribution in [-0.2, 0) is 10.3 Å². The van der Waals surface area contributed by atoms with E-state index in [1.54, 1.807) is 7.11 Å². The number of nitrogens with two attached hydrogens (primary N) is 1. The van der Waals surface area contributed by atoms with Crippen LogP contribution in [0.2, 0.25) is 0 Å². The molecular formula is C12H19NO. The van der Waals surface area contributed by atoms with Crippen LogP contribution in [0.1, 0.15) is 37.9 Å². The third-order valence-corrected chi connectivity index (χ3v) is 2.64. The van der Waals surface area contributed by atoms with E-state index in [4.69, 9.17) is 10.5 Å². The molecule has 0 amide bonds. The van der Waals surface area contributed by atoms with Gasteiger partial charge in [0.25, 0.3) is 0 Å². The molecule has 0 saturated heterocycles. The molecule has 0 aliphatic carbocycles. The summed E-state index contributed by atoms with van der Waals surface area (Å²) in [6.07, 6.45) is 0. The van der Waals surface area contributed by atoms with Gasteiger partial charge in [0, 0.05) is 13.2 Å². The number of methoxy groups -OCH3 is 1. The Morgan fingerprint density at radius 2 is 1.71 bits per heavy atom. The molecule has 0 aliphatic rings. The van der Waals surface area contributed by atoms with Crippen molar-refractivity contribution in [2.24, 2.45) is 5.73 Å². The summed E-state index contributed by atoms with van der Waals surface area (Å²) in [6.45, 7) is 6.08. The van der Waals surface area contributed by atoms with Crippen molar-refractivity contribution in [1.29, 1.82) is 0 Å². The number of ether oxygens (including phenoxy) is 1. The highest BCUT2D eigenvalue weighted by Gasteiger charge is 2.18. The number of rotatable bonds is 3. The normalized spacial score (nSPS) is 14.1. The van der Waals surface area contributed by atoms with Crippen LogP contribution in [0.4, 0.5) is 0 Å². The zero-order valence-corrected chi connectivity index (χ0v) is 9.37. The smallest absolute Gasteiger partial charge is 0.0871 e. The van der Waals surface area contributed by atoms with Gasteiger partial charge in [-0.3, -0.25) is 0 Å². The largest absolute Gasteiger partial charge is 0.374 e.